The van der Waals surface area contributed by atoms with Gasteiger partial charge in [0.05, 0.1) is 27.9 Å². The fourth-order valence-electron chi connectivity index (χ4n) is 13.4. The van der Waals surface area contributed by atoms with Crippen LogP contribution in [0.1, 0.15) is 74.9 Å². The van der Waals surface area contributed by atoms with Crippen LogP contribution < -0.4 is 9.80 Å². The third kappa shape index (κ3) is 7.42. The number of hydrogen-bond acceptors (Lipinski definition) is 8. The van der Waals surface area contributed by atoms with Crippen LogP contribution in [0.2, 0.25) is 0 Å². The van der Waals surface area contributed by atoms with Gasteiger partial charge >= 0.3 is 0 Å². The minimum absolute atomic E-state index is 0.0550. The van der Waals surface area contributed by atoms with Gasteiger partial charge in [-0.25, -0.2) is 15.0 Å². The topological polar surface area (TPSA) is 84.6 Å². The molecule has 84 heavy (non-hydrogen) atoms. The van der Waals surface area contributed by atoms with E-state index in [1.54, 1.807) is 12.4 Å². The Morgan fingerprint density at radius 3 is 1.48 bits per heavy atom. The van der Waals surface area contributed by atoms with Crippen LogP contribution in [0, 0.1) is 0 Å². The van der Waals surface area contributed by atoms with Crippen LogP contribution in [-0.2, 0) is 16.2 Å². The smallest absolute Gasteiger partial charge is 0.227 e. The van der Waals surface area contributed by atoms with E-state index in [0.29, 0.717) is 11.4 Å². The molecule has 1 aliphatic rings. The minimum Gasteiger partial charge on any atom is -0.455 e. The summed E-state index contributed by atoms with van der Waals surface area (Å²) < 4.78 is 20.7. The van der Waals surface area contributed by atoms with Crippen molar-refractivity contribution in [3.8, 4) is 11.1 Å². The second-order valence-electron chi connectivity index (χ2n) is 24.4. The van der Waals surface area contributed by atoms with Crippen LogP contribution in [0.15, 0.2) is 250 Å². The van der Waals surface area contributed by atoms with Gasteiger partial charge in [-0.05, 0) is 140 Å². The van der Waals surface area contributed by atoms with E-state index in [1.165, 1.54) is 5.56 Å². The first-order valence-electron chi connectivity index (χ1n) is 28.8. The maximum absolute atomic E-state index is 7.52. The lowest BCUT2D eigenvalue weighted by atomic mass is 9.67. The molecule has 0 spiro atoms. The Bertz CT molecular complexity index is 5060. The van der Waals surface area contributed by atoms with Crippen LogP contribution >= 0.6 is 0 Å². The molecule has 0 atom stereocenters. The van der Waals surface area contributed by atoms with Crippen molar-refractivity contribution >= 4 is 111 Å². The molecule has 0 saturated heterocycles. The Kier molecular flexibility index (Phi) is 10.8. The summed E-state index contributed by atoms with van der Waals surface area (Å²) in [5.74, 6) is 0.752. The lowest BCUT2D eigenvalue weighted by Crippen LogP contribution is -2.29. The third-order valence-electron chi connectivity index (χ3n) is 17.4. The van der Waals surface area contributed by atoms with Crippen molar-refractivity contribution in [1.29, 1.82) is 0 Å². The standard InChI is InChI=1S/C76H57N5O3/c1-74(2,3)46-29-32-50(33-30-46)80(51-34-36-54-57-26-17-39-77-72(57)83-65(54)41-51)62-43-60-68(56-24-14-13-23-53(56)62)70-61(76(60,47-19-9-7-10-20-47)48-21-11-8-12-22-48)44-63(69-59-25-15-16-28-64(59)82-71(69)70)81(67-38-31-49(45-79-67)75(4,5)6)52-35-37-55-58-27-18-40-78-73(58)84-66(55)42-52/h7-45H,1-6H3. The average Bonchev–Trinajstić information content (AvgIpc) is 1.51. The number of anilines is 6. The lowest BCUT2D eigenvalue weighted by Gasteiger charge is -2.36. The van der Waals surface area contributed by atoms with Crippen molar-refractivity contribution in [2.24, 2.45) is 0 Å². The van der Waals surface area contributed by atoms with Crippen LogP contribution in [0.3, 0.4) is 0 Å². The van der Waals surface area contributed by atoms with Gasteiger partial charge < -0.3 is 18.2 Å². The molecular weight excluding hydrogens is 1030 g/mol. The SMILES string of the molecule is CC(C)(C)c1ccc(N(c2ccc3c(c2)oc2ncccc23)c2cc3c(c4ccccc24)-c2c(cc(N(c4ccc5c(c4)oc4ncccc45)c4ccc(C(C)(C)C)cn4)c4c2oc2ccccc24)C3(c2ccccc2)c2ccccc2)cc1. The van der Waals surface area contributed by atoms with Gasteiger partial charge in [-0.1, -0.05) is 163 Å². The number of nitrogens with zero attached hydrogens (tertiary/aromatic N) is 5. The van der Waals surface area contributed by atoms with Crippen molar-refractivity contribution in [3.05, 3.63) is 270 Å². The minimum atomic E-state index is -0.923. The summed E-state index contributed by atoms with van der Waals surface area (Å²) in [5, 5.41) is 8.10. The first-order chi connectivity index (χ1) is 40.9. The summed E-state index contributed by atoms with van der Waals surface area (Å²) in [6, 6.07) is 79.0. The average molecular weight is 1090 g/mol. The summed E-state index contributed by atoms with van der Waals surface area (Å²) in [4.78, 5) is 19.4. The van der Waals surface area contributed by atoms with E-state index < -0.39 is 5.41 Å². The molecule has 0 amide bonds. The van der Waals surface area contributed by atoms with Crippen molar-refractivity contribution in [1.82, 2.24) is 15.0 Å². The van der Waals surface area contributed by atoms with Gasteiger partial charge in [0.15, 0.2) is 0 Å². The summed E-state index contributed by atoms with van der Waals surface area (Å²) in [6.07, 6.45) is 5.59. The number of aromatic nitrogens is 3. The number of pyridine rings is 3. The number of para-hydroxylation sites is 1. The molecule has 9 aromatic carbocycles. The molecule has 0 bridgehead atoms. The van der Waals surface area contributed by atoms with E-state index in [0.717, 1.165) is 139 Å². The molecule has 1 aliphatic carbocycles. The number of benzene rings is 9. The van der Waals surface area contributed by atoms with E-state index in [2.05, 4.69) is 268 Å². The molecule has 8 heteroatoms. The van der Waals surface area contributed by atoms with E-state index in [1.807, 2.05) is 18.3 Å². The van der Waals surface area contributed by atoms with Gasteiger partial charge in [-0.3, -0.25) is 4.90 Å². The second kappa shape index (κ2) is 18.3. The summed E-state index contributed by atoms with van der Waals surface area (Å²) >= 11 is 0. The number of furan rings is 3. The van der Waals surface area contributed by atoms with Gasteiger partial charge in [-0.2, -0.15) is 0 Å². The van der Waals surface area contributed by atoms with E-state index in [4.69, 9.17) is 18.2 Å². The number of hydrogen-bond donors (Lipinski definition) is 0. The molecule has 6 heterocycles. The summed E-state index contributed by atoms with van der Waals surface area (Å²) in [6.45, 7) is 13.5. The highest BCUT2D eigenvalue weighted by Crippen LogP contribution is 2.64. The highest BCUT2D eigenvalue weighted by molar-refractivity contribution is 6.23. The molecule has 0 unspecified atom stereocenters. The zero-order chi connectivity index (χ0) is 56.6. The molecule has 404 valence electrons. The Hall–Kier alpha value is -10.3. The van der Waals surface area contributed by atoms with Crippen molar-refractivity contribution in [3.63, 3.8) is 0 Å². The summed E-state index contributed by atoms with van der Waals surface area (Å²) in [7, 11) is 0. The zero-order valence-corrected chi connectivity index (χ0v) is 47.5. The van der Waals surface area contributed by atoms with Gasteiger partial charge in [0.25, 0.3) is 0 Å². The fraction of sp³-hybridized carbons (Fsp3) is 0.118. The first-order valence-corrected chi connectivity index (χ1v) is 28.8. The zero-order valence-electron chi connectivity index (χ0n) is 47.5. The van der Waals surface area contributed by atoms with Crippen LogP contribution in [0.5, 0.6) is 0 Å². The van der Waals surface area contributed by atoms with Gasteiger partial charge in [0.1, 0.15) is 28.1 Å². The Labute approximate surface area is 485 Å². The molecule has 0 aliphatic heterocycles. The highest BCUT2D eigenvalue weighted by atomic mass is 16.3. The number of fused-ring (bicyclic) bond motifs is 15. The maximum atomic E-state index is 7.52. The molecule has 0 fully saturated rings. The Morgan fingerprint density at radius 2 is 0.881 bits per heavy atom. The molecule has 15 aromatic rings. The predicted octanol–water partition coefficient (Wildman–Crippen LogP) is 20.6. The maximum Gasteiger partial charge on any atom is 0.227 e. The Morgan fingerprint density at radius 1 is 0.369 bits per heavy atom. The van der Waals surface area contributed by atoms with Crippen molar-refractivity contribution in [2.75, 3.05) is 9.80 Å². The fourth-order valence-corrected chi connectivity index (χ4v) is 13.4. The van der Waals surface area contributed by atoms with Crippen LogP contribution in [0.4, 0.5) is 34.3 Å². The van der Waals surface area contributed by atoms with Gasteiger partial charge in [0.2, 0.25) is 11.4 Å². The normalized spacial score (nSPS) is 13.2. The van der Waals surface area contributed by atoms with Gasteiger partial charge in [0, 0.05) is 80.0 Å². The molecule has 0 radical (unpaired) electrons. The Balaban J connectivity index is 1.05. The second-order valence-corrected chi connectivity index (χ2v) is 24.4. The third-order valence-corrected chi connectivity index (χ3v) is 17.4. The van der Waals surface area contributed by atoms with Crippen LogP contribution in [-0.4, -0.2) is 15.0 Å². The molecule has 6 aromatic heterocycles. The largest absolute Gasteiger partial charge is 0.455 e. The number of rotatable bonds is 8. The first kappa shape index (κ1) is 49.5. The molecule has 8 nitrogen and oxygen atoms in total. The molecule has 16 rings (SSSR count). The van der Waals surface area contributed by atoms with E-state index >= 15 is 0 Å². The van der Waals surface area contributed by atoms with Crippen molar-refractivity contribution in [2.45, 2.75) is 57.8 Å². The molecule has 0 saturated carbocycles. The molecular formula is C76H57N5O3. The van der Waals surface area contributed by atoms with E-state index in [-0.39, 0.29) is 10.8 Å². The van der Waals surface area contributed by atoms with Crippen LogP contribution in [0.25, 0.3) is 88.0 Å². The highest BCUT2D eigenvalue weighted by Gasteiger charge is 2.50. The molecule has 0 N–H and O–H groups in total. The lowest BCUT2D eigenvalue weighted by molar-refractivity contribution is 0.587. The van der Waals surface area contributed by atoms with Crippen molar-refractivity contribution < 1.29 is 13.3 Å². The van der Waals surface area contributed by atoms with E-state index in [9.17, 15) is 0 Å². The predicted molar refractivity (Wildman–Crippen MR) is 343 cm³/mol. The quantitative estimate of drug-likeness (QED) is 0.149. The van der Waals surface area contributed by atoms with Gasteiger partial charge in [-0.15, -0.1) is 0 Å². The monoisotopic (exact) mass is 1090 g/mol. The summed E-state index contributed by atoms with van der Waals surface area (Å²) in [5.41, 5.74) is 17.0.